The Bertz CT molecular complexity index is 1420. The van der Waals surface area contributed by atoms with Crippen LogP contribution in [0.1, 0.15) is 62.2 Å². The van der Waals surface area contributed by atoms with E-state index in [1.807, 2.05) is 20.0 Å². The number of benzene rings is 3. The van der Waals surface area contributed by atoms with Gasteiger partial charge in [-0.3, -0.25) is 4.57 Å². The summed E-state index contributed by atoms with van der Waals surface area (Å²) in [6.07, 6.45) is 2.64. The zero-order chi connectivity index (χ0) is 28.0. The van der Waals surface area contributed by atoms with Gasteiger partial charge in [-0.15, -0.1) is 0 Å². The third-order valence-electron chi connectivity index (χ3n) is 7.27. The van der Waals surface area contributed by atoms with Crippen LogP contribution in [-0.2, 0) is 37.9 Å². The maximum absolute atomic E-state index is 13.0. The van der Waals surface area contributed by atoms with Crippen LogP contribution in [-0.4, -0.2) is 28.5 Å². The molecule has 0 bridgehead atoms. The highest BCUT2D eigenvalue weighted by Crippen LogP contribution is 2.27. The molecule has 39 heavy (non-hydrogen) atoms. The number of methoxy groups -OCH3 is 1. The van der Waals surface area contributed by atoms with E-state index in [9.17, 15) is 4.79 Å². The van der Waals surface area contributed by atoms with Crippen molar-refractivity contribution in [3.63, 3.8) is 0 Å². The van der Waals surface area contributed by atoms with Crippen molar-refractivity contribution < 1.29 is 4.74 Å². The SMILES string of the molecule is CCn1c(CCCc2ccc(-c3ccc(OC)c(CNC)c3)cc2)nn(Cc2ccc(C(C)(C)C)cc2)c1=O. The Kier molecular flexibility index (Phi) is 9.08. The number of nitrogens with one attached hydrogen (secondary N) is 1. The fourth-order valence-corrected chi connectivity index (χ4v) is 4.98. The molecule has 0 saturated carbocycles. The lowest BCUT2D eigenvalue weighted by Crippen LogP contribution is -2.25. The highest BCUT2D eigenvalue weighted by atomic mass is 16.5. The second kappa shape index (κ2) is 12.5. The largest absolute Gasteiger partial charge is 0.496 e. The van der Waals surface area contributed by atoms with Gasteiger partial charge < -0.3 is 10.1 Å². The van der Waals surface area contributed by atoms with Crippen LogP contribution in [0.25, 0.3) is 11.1 Å². The van der Waals surface area contributed by atoms with Crippen molar-refractivity contribution in [2.24, 2.45) is 0 Å². The van der Waals surface area contributed by atoms with Gasteiger partial charge in [0.1, 0.15) is 11.6 Å². The molecule has 206 valence electrons. The van der Waals surface area contributed by atoms with Gasteiger partial charge in [-0.2, -0.15) is 5.10 Å². The Morgan fingerprint density at radius 3 is 2.18 bits per heavy atom. The molecule has 1 N–H and O–H groups in total. The van der Waals surface area contributed by atoms with E-state index in [0.29, 0.717) is 13.1 Å². The third-order valence-corrected chi connectivity index (χ3v) is 7.27. The molecule has 0 radical (unpaired) electrons. The molecular formula is C33H42N4O2. The quantitative estimate of drug-likeness (QED) is 0.261. The number of hydrogen-bond donors (Lipinski definition) is 1. The zero-order valence-corrected chi connectivity index (χ0v) is 24.3. The number of ether oxygens (including phenoxy) is 1. The van der Waals surface area contributed by atoms with Crippen molar-refractivity contribution in [2.75, 3.05) is 14.2 Å². The predicted molar refractivity (Wildman–Crippen MR) is 160 cm³/mol. The summed E-state index contributed by atoms with van der Waals surface area (Å²) in [5.41, 5.74) is 7.25. The van der Waals surface area contributed by atoms with E-state index in [4.69, 9.17) is 9.84 Å². The van der Waals surface area contributed by atoms with Crippen LogP contribution < -0.4 is 15.7 Å². The van der Waals surface area contributed by atoms with E-state index in [-0.39, 0.29) is 11.1 Å². The first-order valence-electron chi connectivity index (χ1n) is 13.9. The lowest BCUT2D eigenvalue weighted by atomic mass is 9.87. The standard InChI is InChI=1S/C33H42N4O2/c1-7-36-31(35-37(32(36)38)23-25-13-18-29(19-14-25)33(2,3)4)10-8-9-24-11-15-26(16-12-24)27-17-20-30(39-6)28(21-27)22-34-5/h11-21,34H,7-10,22-23H2,1-6H3. The van der Waals surface area contributed by atoms with Gasteiger partial charge in [0.15, 0.2) is 0 Å². The average molecular weight is 527 g/mol. The van der Waals surface area contributed by atoms with Gasteiger partial charge in [0.2, 0.25) is 0 Å². The highest BCUT2D eigenvalue weighted by molar-refractivity contribution is 5.66. The van der Waals surface area contributed by atoms with Gasteiger partial charge >= 0.3 is 5.69 Å². The van der Waals surface area contributed by atoms with Gasteiger partial charge in [-0.1, -0.05) is 75.4 Å². The molecule has 4 aromatic rings. The first-order valence-corrected chi connectivity index (χ1v) is 13.9. The number of aromatic nitrogens is 3. The lowest BCUT2D eigenvalue weighted by molar-refractivity contribution is 0.408. The fraction of sp³-hybridized carbons (Fsp3) is 0.394. The highest BCUT2D eigenvalue weighted by Gasteiger charge is 2.15. The van der Waals surface area contributed by atoms with Crippen molar-refractivity contribution in [1.29, 1.82) is 0 Å². The lowest BCUT2D eigenvalue weighted by Gasteiger charge is -2.19. The van der Waals surface area contributed by atoms with Crippen LogP contribution in [0.5, 0.6) is 5.75 Å². The molecular weight excluding hydrogens is 484 g/mol. The van der Waals surface area contributed by atoms with E-state index in [1.165, 1.54) is 22.3 Å². The molecule has 0 atom stereocenters. The average Bonchev–Trinajstić information content (AvgIpc) is 3.22. The summed E-state index contributed by atoms with van der Waals surface area (Å²) in [6.45, 7) is 10.5. The Labute approximate surface area is 232 Å². The molecule has 0 fully saturated rings. The van der Waals surface area contributed by atoms with Crippen LogP contribution in [0.4, 0.5) is 0 Å². The second-order valence-corrected chi connectivity index (χ2v) is 11.2. The zero-order valence-electron chi connectivity index (χ0n) is 24.3. The van der Waals surface area contributed by atoms with Gasteiger partial charge in [0, 0.05) is 25.1 Å². The van der Waals surface area contributed by atoms with Crippen molar-refractivity contribution in [1.82, 2.24) is 19.7 Å². The van der Waals surface area contributed by atoms with Crippen molar-refractivity contribution in [2.45, 2.75) is 72.0 Å². The fourth-order valence-electron chi connectivity index (χ4n) is 4.98. The summed E-state index contributed by atoms with van der Waals surface area (Å²) < 4.78 is 8.90. The van der Waals surface area contributed by atoms with Crippen LogP contribution in [0.3, 0.4) is 0 Å². The van der Waals surface area contributed by atoms with Gasteiger partial charge in [0.05, 0.1) is 13.7 Å². The molecule has 0 aliphatic rings. The van der Waals surface area contributed by atoms with Crippen LogP contribution in [0.2, 0.25) is 0 Å². The maximum atomic E-state index is 13.0. The molecule has 0 amide bonds. The topological polar surface area (TPSA) is 61.1 Å². The molecule has 0 unspecified atom stereocenters. The number of aryl methyl sites for hydroxylation is 2. The molecule has 6 nitrogen and oxygen atoms in total. The monoisotopic (exact) mass is 526 g/mol. The number of rotatable bonds is 11. The van der Waals surface area contributed by atoms with Crippen LogP contribution >= 0.6 is 0 Å². The summed E-state index contributed by atoms with van der Waals surface area (Å²) in [6, 6.07) is 23.6. The molecule has 0 saturated heterocycles. The molecule has 0 spiro atoms. The molecule has 3 aromatic carbocycles. The van der Waals surface area contributed by atoms with Crippen molar-refractivity contribution in [3.8, 4) is 16.9 Å². The van der Waals surface area contributed by atoms with Gasteiger partial charge in [-0.25, -0.2) is 9.48 Å². The Balaban J connectivity index is 1.39. The minimum atomic E-state index is -0.0334. The Hall–Kier alpha value is -3.64. The van der Waals surface area contributed by atoms with Crippen molar-refractivity contribution >= 4 is 0 Å². The van der Waals surface area contributed by atoms with E-state index < -0.39 is 0 Å². The maximum Gasteiger partial charge on any atom is 0.346 e. The van der Waals surface area contributed by atoms with Crippen LogP contribution in [0, 0.1) is 0 Å². The van der Waals surface area contributed by atoms with E-state index in [0.717, 1.165) is 48.5 Å². The van der Waals surface area contributed by atoms with E-state index in [2.05, 4.69) is 86.8 Å². The molecule has 0 aliphatic heterocycles. The first kappa shape index (κ1) is 28.4. The molecule has 1 heterocycles. The molecule has 4 rings (SSSR count). The molecule has 0 aliphatic carbocycles. The summed E-state index contributed by atoms with van der Waals surface area (Å²) >= 11 is 0. The molecule has 6 heteroatoms. The first-order chi connectivity index (χ1) is 18.7. The summed E-state index contributed by atoms with van der Waals surface area (Å²) in [7, 11) is 3.65. The van der Waals surface area contributed by atoms with Gasteiger partial charge in [-0.05, 0) is 72.2 Å². The minimum Gasteiger partial charge on any atom is -0.496 e. The smallest absolute Gasteiger partial charge is 0.346 e. The van der Waals surface area contributed by atoms with Gasteiger partial charge in [0.25, 0.3) is 0 Å². The van der Waals surface area contributed by atoms with Crippen molar-refractivity contribution in [3.05, 3.63) is 105 Å². The number of nitrogens with zero attached hydrogens (tertiary/aromatic N) is 3. The molecule has 1 aromatic heterocycles. The third kappa shape index (κ3) is 6.87. The summed E-state index contributed by atoms with van der Waals surface area (Å²) in [5, 5.41) is 7.93. The summed E-state index contributed by atoms with van der Waals surface area (Å²) in [4.78, 5) is 13.0. The normalized spacial score (nSPS) is 11.6. The Morgan fingerprint density at radius 2 is 1.56 bits per heavy atom. The predicted octanol–water partition coefficient (Wildman–Crippen LogP) is 5.98. The van der Waals surface area contributed by atoms with Crippen LogP contribution in [0.15, 0.2) is 71.5 Å². The van der Waals surface area contributed by atoms with E-state index in [1.54, 1.807) is 16.4 Å². The summed E-state index contributed by atoms with van der Waals surface area (Å²) in [5.74, 6) is 1.76. The second-order valence-electron chi connectivity index (χ2n) is 11.2. The Morgan fingerprint density at radius 1 is 0.897 bits per heavy atom. The number of hydrogen-bond acceptors (Lipinski definition) is 4. The minimum absolute atomic E-state index is 0.0334. The van der Waals surface area contributed by atoms with E-state index >= 15 is 0 Å².